The quantitative estimate of drug-likeness (QED) is 0.891. The number of hydrogen-bond donors (Lipinski definition) is 1. The van der Waals surface area contributed by atoms with Gasteiger partial charge in [0.2, 0.25) is 0 Å². The number of methoxy groups -OCH3 is 1. The van der Waals surface area contributed by atoms with Gasteiger partial charge in [0.05, 0.1) is 13.7 Å². The maximum atomic E-state index is 6.50. The van der Waals surface area contributed by atoms with E-state index in [9.17, 15) is 0 Å². The minimum Gasteiger partial charge on any atom is -0.493 e. The molecule has 0 heterocycles. The third-order valence-corrected chi connectivity index (χ3v) is 4.53. The summed E-state index contributed by atoms with van der Waals surface area (Å²) in [5, 5.41) is 0. The van der Waals surface area contributed by atoms with E-state index in [0.717, 1.165) is 30.8 Å². The van der Waals surface area contributed by atoms with Crippen LogP contribution >= 0.6 is 0 Å². The van der Waals surface area contributed by atoms with Crippen LogP contribution in [0.1, 0.15) is 46.0 Å². The summed E-state index contributed by atoms with van der Waals surface area (Å²) in [5.74, 6) is 1.58. The van der Waals surface area contributed by atoms with Crippen molar-refractivity contribution in [3.05, 3.63) is 24.3 Å². The Hall–Kier alpha value is -1.22. The molecule has 112 valence electrons. The second-order valence-corrected chi connectivity index (χ2v) is 6.78. The van der Waals surface area contributed by atoms with E-state index >= 15 is 0 Å². The van der Waals surface area contributed by atoms with Crippen LogP contribution in [0.15, 0.2) is 24.3 Å². The Morgan fingerprint density at radius 1 is 1.05 bits per heavy atom. The lowest BCUT2D eigenvalue weighted by atomic mass is 9.69. The Labute approximate surface area is 122 Å². The van der Waals surface area contributed by atoms with Crippen molar-refractivity contribution in [2.75, 3.05) is 13.7 Å². The molecular formula is C17H27NO2. The molecule has 0 spiro atoms. The van der Waals surface area contributed by atoms with Crippen molar-refractivity contribution in [1.29, 1.82) is 0 Å². The third-order valence-electron chi connectivity index (χ3n) is 4.53. The van der Waals surface area contributed by atoms with Gasteiger partial charge in [-0.3, -0.25) is 0 Å². The van der Waals surface area contributed by atoms with Crippen LogP contribution in [0.25, 0.3) is 0 Å². The number of ether oxygens (including phenoxy) is 2. The molecule has 0 radical (unpaired) electrons. The molecule has 1 aliphatic rings. The van der Waals surface area contributed by atoms with Crippen molar-refractivity contribution in [2.45, 2.75) is 51.5 Å². The van der Waals surface area contributed by atoms with Crippen molar-refractivity contribution in [3.8, 4) is 11.5 Å². The lowest BCUT2D eigenvalue weighted by Gasteiger charge is -2.41. The molecule has 0 atom stereocenters. The van der Waals surface area contributed by atoms with Crippen LogP contribution < -0.4 is 15.2 Å². The lowest BCUT2D eigenvalue weighted by molar-refractivity contribution is 0.139. The van der Waals surface area contributed by atoms with Crippen molar-refractivity contribution >= 4 is 0 Å². The molecule has 1 aromatic rings. The Kier molecular flexibility index (Phi) is 4.59. The highest BCUT2D eigenvalue weighted by molar-refractivity contribution is 5.39. The monoisotopic (exact) mass is 277 g/mol. The Balaban J connectivity index is 1.84. The van der Waals surface area contributed by atoms with Crippen LogP contribution in [0, 0.1) is 5.41 Å². The molecule has 1 aliphatic carbocycles. The predicted octanol–water partition coefficient (Wildman–Crippen LogP) is 3.76. The van der Waals surface area contributed by atoms with E-state index in [0.29, 0.717) is 12.0 Å². The molecule has 1 fully saturated rings. The van der Waals surface area contributed by atoms with E-state index in [-0.39, 0.29) is 5.54 Å². The zero-order chi connectivity index (χ0) is 14.6. The van der Waals surface area contributed by atoms with Crippen molar-refractivity contribution < 1.29 is 9.47 Å². The summed E-state index contributed by atoms with van der Waals surface area (Å²) >= 11 is 0. The molecule has 1 saturated carbocycles. The molecule has 1 aromatic carbocycles. The first-order valence-corrected chi connectivity index (χ1v) is 7.49. The first-order valence-electron chi connectivity index (χ1n) is 7.49. The maximum absolute atomic E-state index is 6.50. The van der Waals surface area contributed by atoms with Crippen LogP contribution in [0.3, 0.4) is 0 Å². The van der Waals surface area contributed by atoms with Gasteiger partial charge in [0.1, 0.15) is 0 Å². The molecule has 0 bridgehead atoms. The van der Waals surface area contributed by atoms with E-state index < -0.39 is 0 Å². The van der Waals surface area contributed by atoms with E-state index in [4.69, 9.17) is 15.2 Å². The molecule has 0 amide bonds. The molecule has 3 heteroatoms. The number of benzene rings is 1. The molecule has 0 saturated heterocycles. The van der Waals surface area contributed by atoms with Crippen molar-refractivity contribution in [1.82, 2.24) is 0 Å². The van der Waals surface area contributed by atoms with Gasteiger partial charge in [-0.2, -0.15) is 0 Å². The summed E-state index contributed by atoms with van der Waals surface area (Å²) < 4.78 is 11.1. The summed E-state index contributed by atoms with van der Waals surface area (Å²) in [6.45, 7) is 5.31. The van der Waals surface area contributed by atoms with Gasteiger partial charge >= 0.3 is 0 Å². The van der Waals surface area contributed by atoms with Crippen LogP contribution in [0.2, 0.25) is 0 Å². The predicted molar refractivity (Wildman–Crippen MR) is 82.3 cm³/mol. The Morgan fingerprint density at radius 2 is 1.65 bits per heavy atom. The highest BCUT2D eigenvalue weighted by atomic mass is 16.5. The lowest BCUT2D eigenvalue weighted by Crippen LogP contribution is -2.46. The van der Waals surface area contributed by atoms with E-state index in [1.807, 2.05) is 24.3 Å². The zero-order valence-corrected chi connectivity index (χ0v) is 12.9. The number of para-hydroxylation sites is 2. The SMILES string of the molecule is COc1ccccc1OCCC1(N)CCC(C)(C)CC1. The summed E-state index contributed by atoms with van der Waals surface area (Å²) in [7, 11) is 1.66. The van der Waals surface area contributed by atoms with Gasteiger partial charge in [-0.05, 0) is 49.7 Å². The van der Waals surface area contributed by atoms with Crippen LogP contribution in [-0.2, 0) is 0 Å². The molecule has 0 aromatic heterocycles. The summed E-state index contributed by atoms with van der Waals surface area (Å²) in [5.41, 5.74) is 6.90. The Morgan fingerprint density at radius 3 is 2.25 bits per heavy atom. The second kappa shape index (κ2) is 6.04. The summed E-state index contributed by atoms with van der Waals surface area (Å²) in [6, 6.07) is 7.75. The molecule has 20 heavy (non-hydrogen) atoms. The number of nitrogens with two attached hydrogens (primary N) is 1. The fourth-order valence-corrected chi connectivity index (χ4v) is 2.78. The van der Waals surface area contributed by atoms with Gasteiger partial charge in [-0.25, -0.2) is 0 Å². The highest BCUT2D eigenvalue weighted by Gasteiger charge is 2.35. The first kappa shape index (κ1) is 15.2. The molecular weight excluding hydrogens is 250 g/mol. The summed E-state index contributed by atoms with van der Waals surface area (Å²) in [6.07, 6.45) is 5.50. The first-order chi connectivity index (χ1) is 9.44. The van der Waals surface area contributed by atoms with Gasteiger partial charge in [0.25, 0.3) is 0 Å². The maximum Gasteiger partial charge on any atom is 0.161 e. The molecule has 3 nitrogen and oxygen atoms in total. The van der Waals surface area contributed by atoms with Crippen molar-refractivity contribution in [3.63, 3.8) is 0 Å². The van der Waals surface area contributed by atoms with E-state index in [1.165, 1.54) is 12.8 Å². The normalized spacial score (nSPS) is 20.4. The number of rotatable bonds is 5. The van der Waals surface area contributed by atoms with Gasteiger partial charge in [-0.15, -0.1) is 0 Å². The molecule has 2 N–H and O–H groups in total. The van der Waals surface area contributed by atoms with Gasteiger partial charge in [0, 0.05) is 5.54 Å². The van der Waals surface area contributed by atoms with Gasteiger partial charge in [0.15, 0.2) is 11.5 Å². The van der Waals surface area contributed by atoms with Gasteiger partial charge < -0.3 is 15.2 Å². The standard InChI is InChI=1S/C17H27NO2/c1-16(2)8-10-17(18,11-9-16)12-13-20-15-7-5-4-6-14(15)19-3/h4-7H,8-13,18H2,1-3H3. The van der Waals surface area contributed by atoms with Crippen LogP contribution in [0.5, 0.6) is 11.5 Å². The number of hydrogen-bond acceptors (Lipinski definition) is 3. The fourth-order valence-electron chi connectivity index (χ4n) is 2.78. The van der Waals surface area contributed by atoms with Crippen LogP contribution in [-0.4, -0.2) is 19.3 Å². The van der Waals surface area contributed by atoms with E-state index in [2.05, 4.69) is 13.8 Å². The molecule has 0 unspecified atom stereocenters. The highest BCUT2D eigenvalue weighted by Crippen LogP contribution is 2.40. The zero-order valence-electron chi connectivity index (χ0n) is 12.9. The second-order valence-electron chi connectivity index (χ2n) is 6.78. The van der Waals surface area contributed by atoms with E-state index in [1.54, 1.807) is 7.11 Å². The smallest absolute Gasteiger partial charge is 0.161 e. The molecule has 0 aliphatic heterocycles. The van der Waals surface area contributed by atoms with Crippen LogP contribution in [0.4, 0.5) is 0 Å². The average Bonchev–Trinajstić information content (AvgIpc) is 2.43. The Bertz CT molecular complexity index is 432. The average molecular weight is 277 g/mol. The van der Waals surface area contributed by atoms with Crippen molar-refractivity contribution in [2.24, 2.45) is 11.1 Å². The largest absolute Gasteiger partial charge is 0.493 e. The topological polar surface area (TPSA) is 44.5 Å². The molecule has 2 rings (SSSR count). The van der Waals surface area contributed by atoms with Gasteiger partial charge in [-0.1, -0.05) is 26.0 Å². The third kappa shape index (κ3) is 3.89. The fraction of sp³-hybridized carbons (Fsp3) is 0.647. The minimum atomic E-state index is -0.0580. The summed E-state index contributed by atoms with van der Waals surface area (Å²) in [4.78, 5) is 0. The minimum absolute atomic E-state index is 0.0580.